The molecule has 1 amide bonds. The van der Waals surface area contributed by atoms with Gasteiger partial charge in [0.15, 0.2) is 6.54 Å². The molecule has 0 aliphatic carbocycles. The number of hydrogen-bond donors (Lipinski definition) is 2. The fraction of sp³-hybridized carbons (Fsp3) is 0.348. The van der Waals surface area contributed by atoms with Gasteiger partial charge in [0, 0.05) is 11.1 Å². The van der Waals surface area contributed by atoms with Crippen molar-refractivity contribution in [3.8, 4) is 5.75 Å². The van der Waals surface area contributed by atoms with E-state index in [2.05, 4.69) is 22.3 Å². The van der Waals surface area contributed by atoms with Crippen molar-refractivity contribution in [1.82, 2.24) is 5.32 Å². The molecule has 4 rings (SSSR count). The van der Waals surface area contributed by atoms with E-state index in [0.29, 0.717) is 6.54 Å². The van der Waals surface area contributed by atoms with E-state index in [1.165, 1.54) is 10.6 Å². The molecule has 1 aliphatic heterocycles. The van der Waals surface area contributed by atoms with Gasteiger partial charge in [-0.05, 0) is 43.3 Å². The molecule has 0 bridgehead atoms. The molecule has 2 N–H and O–H groups in total. The highest BCUT2D eigenvalue weighted by molar-refractivity contribution is 5.79. The van der Waals surface area contributed by atoms with Crippen LogP contribution in [0.4, 0.5) is 5.69 Å². The number of rotatable bonds is 6. The number of quaternary nitrogens is 1. The smallest absolute Gasteiger partial charge is 0.275 e. The topological polar surface area (TPSA) is 59.2 Å². The fourth-order valence-electron chi connectivity index (χ4n) is 3.86. The molecule has 1 fully saturated rings. The second-order valence-electron chi connectivity index (χ2n) is 7.59. The predicted molar refractivity (Wildman–Crippen MR) is 114 cm³/mol. The van der Waals surface area contributed by atoms with Crippen LogP contribution in [0.15, 0.2) is 59.0 Å². The van der Waals surface area contributed by atoms with Crippen LogP contribution in [0.1, 0.15) is 18.7 Å². The maximum Gasteiger partial charge on any atom is 0.275 e. The number of fused-ring (bicyclic) bond motifs is 1. The third-order valence-corrected chi connectivity index (χ3v) is 5.57. The number of piperazine rings is 1. The van der Waals surface area contributed by atoms with Gasteiger partial charge in [0.25, 0.3) is 5.91 Å². The summed E-state index contributed by atoms with van der Waals surface area (Å²) in [7, 11) is 1.68. The highest BCUT2D eigenvalue weighted by Gasteiger charge is 2.23. The number of carbonyl (C=O) groups excluding carboxylic acids is 1. The third-order valence-electron chi connectivity index (χ3n) is 5.57. The number of methoxy groups -OCH3 is 1. The van der Waals surface area contributed by atoms with E-state index in [1.807, 2.05) is 49.4 Å². The molecule has 29 heavy (non-hydrogen) atoms. The first-order chi connectivity index (χ1) is 14.1. The van der Waals surface area contributed by atoms with Crippen molar-refractivity contribution in [3.63, 3.8) is 0 Å². The number of nitrogens with zero attached hydrogens (tertiary/aromatic N) is 1. The van der Waals surface area contributed by atoms with Crippen molar-refractivity contribution in [2.75, 3.05) is 44.7 Å². The molecule has 2 aromatic carbocycles. The van der Waals surface area contributed by atoms with Gasteiger partial charge in [0.1, 0.15) is 17.1 Å². The number of furan rings is 1. The maximum atomic E-state index is 12.5. The molecule has 0 spiro atoms. The average molecular weight is 394 g/mol. The Bertz CT molecular complexity index is 926. The quantitative estimate of drug-likeness (QED) is 0.672. The lowest BCUT2D eigenvalue weighted by molar-refractivity contribution is -0.892. The second-order valence-corrected chi connectivity index (χ2v) is 7.59. The van der Waals surface area contributed by atoms with Crippen LogP contribution >= 0.6 is 0 Å². The Morgan fingerprint density at radius 3 is 2.59 bits per heavy atom. The second kappa shape index (κ2) is 8.57. The highest BCUT2D eigenvalue weighted by atomic mass is 16.5. The Kier molecular flexibility index (Phi) is 5.71. The van der Waals surface area contributed by atoms with Crippen molar-refractivity contribution in [2.45, 2.75) is 13.0 Å². The largest absolute Gasteiger partial charge is 0.497 e. The van der Waals surface area contributed by atoms with Gasteiger partial charge in [-0.1, -0.05) is 18.2 Å². The minimum absolute atomic E-state index is 0.0610. The first kappa shape index (κ1) is 19.3. The molecular weight excluding hydrogens is 366 g/mol. The van der Waals surface area contributed by atoms with E-state index in [4.69, 9.17) is 9.15 Å². The number of amides is 1. The summed E-state index contributed by atoms with van der Waals surface area (Å²) in [5, 5.41) is 4.14. The molecule has 2 heterocycles. The number of anilines is 1. The zero-order chi connectivity index (χ0) is 20.2. The van der Waals surface area contributed by atoms with Crippen LogP contribution in [0.5, 0.6) is 5.75 Å². The maximum absolute atomic E-state index is 12.5. The van der Waals surface area contributed by atoms with Crippen molar-refractivity contribution in [2.24, 2.45) is 0 Å². The molecule has 0 saturated carbocycles. The van der Waals surface area contributed by atoms with Gasteiger partial charge in [-0.25, -0.2) is 0 Å². The first-order valence-corrected chi connectivity index (χ1v) is 10.1. The molecule has 1 aromatic heterocycles. The van der Waals surface area contributed by atoms with Crippen LogP contribution in [0.2, 0.25) is 0 Å². The molecule has 1 atom stereocenters. The number of nitrogens with one attached hydrogen (secondary N) is 2. The lowest BCUT2D eigenvalue weighted by Gasteiger charge is -2.33. The Labute approximate surface area is 171 Å². The molecule has 0 radical (unpaired) electrons. The summed E-state index contributed by atoms with van der Waals surface area (Å²) in [4.78, 5) is 16.2. The van der Waals surface area contributed by atoms with Crippen LogP contribution in [0.3, 0.4) is 0 Å². The fourth-order valence-corrected chi connectivity index (χ4v) is 3.86. The molecule has 1 aliphatic rings. The minimum atomic E-state index is -0.144. The van der Waals surface area contributed by atoms with Gasteiger partial charge in [0.2, 0.25) is 0 Å². The van der Waals surface area contributed by atoms with E-state index in [-0.39, 0.29) is 11.9 Å². The SMILES string of the molecule is COc1ccc(N2CC[NH+](CC(=O)N[C@@H](C)c3cc4ccccc4o3)CC2)cc1. The van der Waals surface area contributed by atoms with Gasteiger partial charge in [-0.3, -0.25) is 4.79 Å². The normalized spacial score (nSPS) is 16.0. The Hall–Kier alpha value is -2.99. The molecule has 6 nitrogen and oxygen atoms in total. The standard InChI is InChI=1S/C23H27N3O3/c1-17(22-15-18-5-3-4-6-21(18)29-22)24-23(27)16-25-11-13-26(14-12-25)19-7-9-20(28-2)10-8-19/h3-10,15,17H,11-14,16H2,1-2H3,(H,24,27)/p+1/t17-/m0/s1. The van der Waals surface area contributed by atoms with Crippen LogP contribution in [0, 0.1) is 0 Å². The predicted octanol–water partition coefficient (Wildman–Crippen LogP) is 2.02. The molecule has 1 saturated heterocycles. The molecule has 6 heteroatoms. The van der Waals surface area contributed by atoms with Crippen LogP contribution in [-0.2, 0) is 4.79 Å². The van der Waals surface area contributed by atoms with E-state index in [9.17, 15) is 4.79 Å². The number of para-hydroxylation sites is 1. The van der Waals surface area contributed by atoms with Crippen LogP contribution in [-0.4, -0.2) is 45.7 Å². The van der Waals surface area contributed by atoms with Crippen molar-refractivity contribution < 1.29 is 18.8 Å². The first-order valence-electron chi connectivity index (χ1n) is 10.1. The Morgan fingerprint density at radius 2 is 1.90 bits per heavy atom. The molecule has 152 valence electrons. The molecular formula is C23H28N3O3+. The van der Waals surface area contributed by atoms with Crippen molar-refractivity contribution in [3.05, 3.63) is 60.4 Å². The zero-order valence-corrected chi connectivity index (χ0v) is 17.0. The summed E-state index contributed by atoms with van der Waals surface area (Å²) in [6.07, 6.45) is 0. The summed E-state index contributed by atoms with van der Waals surface area (Å²) in [6, 6.07) is 17.9. The van der Waals surface area contributed by atoms with Gasteiger partial charge in [-0.15, -0.1) is 0 Å². The summed E-state index contributed by atoms with van der Waals surface area (Å²) >= 11 is 0. The van der Waals surface area contributed by atoms with Gasteiger partial charge >= 0.3 is 0 Å². The van der Waals surface area contributed by atoms with Gasteiger partial charge in [-0.2, -0.15) is 0 Å². The van der Waals surface area contributed by atoms with Crippen LogP contribution in [0.25, 0.3) is 11.0 Å². The minimum Gasteiger partial charge on any atom is -0.497 e. The zero-order valence-electron chi connectivity index (χ0n) is 17.0. The lowest BCUT2D eigenvalue weighted by Crippen LogP contribution is -3.15. The summed E-state index contributed by atoms with van der Waals surface area (Å²) in [5.74, 6) is 1.72. The van der Waals surface area contributed by atoms with E-state index in [1.54, 1.807) is 7.11 Å². The van der Waals surface area contributed by atoms with E-state index in [0.717, 1.165) is 48.7 Å². The van der Waals surface area contributed by atoms with Crippen molar-refractivity contribution >= 4 is 22.6 Å². The summed E-state index contributed by atoms with van der Waals surface area (Å²) in [6.45, 7) is 6.21. The Morgan fingerprint density at radius 1 is 1.17 bits per heavy atom. The summed E-state index contributed by atoms with van der Waals surface area (Å²) < 4.78 is 11.1. The average Bonchev–Trinajstić information content (AvgIpc) is 3.19. The van der Waals surface area contributed by atoms with Crippen molar-refractivity contribution in [1.29, 1.82) is 0 Å². The van der Waals surface area contributed by atoms with Crippen LogP contribution < -0.4 is 19.9 Å². The third kappa shape index (κ3) is 4.54. The number of benzene rings is 2. The van der Waals surface area contributed by atoms with Gasteiger partial charge in [0.05, 0.1) is 39.3 Å². The highest BCUT2D eigenvalue weighted by Crippen LogP contribution is 2.23. The Balaban J connectivity index is 1.27. The molecule has 0 unspecified atom stereocenters. The summed E-state index contributed by atoms with van der Waals surface area (Å²) in [5.41, 5.74) is 2.05. The lowest BCUT2D eigenvalue weighted by atomic mass is 10.2. The number of hydrogen-bond acceptors (Lipinski definition) is 4. The molecule has 3 aromatic rings. The monoisotopic (exact) mass is 394 g/mol. The van der Waals surface area contributed by atoms with E-state index < -0.39 is 0 Å². The van der Waals surface area contributed by atoms with Gasteiger partial charge < -0.3 is 24.3 Å². The van der Waals surface area contributed by atoms with E-state index >= 15 is 0 Å². The number of ether oxygens (including phenoxy) is 1. The number of carbonyl (C=O) groups is 1.